The number of hydrogen-bond donors (Lipinski definition) is 1. The molecule has 0 aliphatic heterocycles. The molecule has 2 aromatic heterocycles. The van der Waals surface area contributed by atoms with Crippen molar-refractivity contribution in [3.8, 4) is 0 Å². The molecule has 0 aliphatic rings. The molecule has 0 bridgehead atoms. The summed E-state index contributed by atoms with van der Waals surface area (Å²) in [4.78, 5) is 4.35. The Morgan fingerprint density at radius 1 is 1.53 bits per heavy atom. The van der Waals surface area contributed by atoms with Gasteiger partial charge in [0.2, 0.25) is 0 Å². The molecule has 92 valence electrons. The Morgan fingerprint density at radius 3 is 3.12 bits per heavy atom. The van der Waals surface area contributed by atoms with Crippen LogP contribution in [-0.4, -0.2) is 27.0 Å². The van der Waals surface area contributed by atoms with Crippen molar-refractivity contribution in [2.24, 2.45) is 5.92 Å². The van der Waals surface area contributed by atoms with Crippen LogP contribution in [0.5, 0.6) is 0 Å². The molecule has 1 unspecified atom stereocenters. The maximum Gasteiger partial charge on any atom is 0.152 e. The first-order valence-corrected chi connectivity index (χ1v) is 6.35. The van der Waals surface area contributed by atoms with Crippen molar-refractivity contribution in [1.29, 1.82) is 0 Å². The monoisotopic (exact) mass is 252 g/mol. The van der Waals surface area contributed by atoms with E-state index in [1.807, 2.05) is 23.7 Å². The van der Waals surface area contributed by atoms with E-state index >= 15 is 0 Å². The first kappa shape index (κ1) is 12.2. The molecule has 2 aromatic rings. The maximum absolute atomic E-state index is 5.72. The number of fused-ring (bicyclic) bond motifs is 1. The van der Waals surface area contributed by atoms with E-state index in [4.69, 9.17) is 11.6 Å². The lowest BCUT2D eigenvalue weighted by Crippen LogP contribution is -2.13. The highest BCUT2D eigenvalue weighted by molar-refractivity contribution is 6.17. The van der Waals surface area contributed by atoms with Gasteiger partial charge in [0.25, 0.3) is 0 Å². The van der Waals surface area contributed by atoms with Crippen LogP contribution in [0.2, 0.25) is 0 Å². The van der Waals surface area contributed by atoms with E-state index in [2.05, 4.69) is 22.3 Å². The topological polar surface area (TPSA) is 42.2 Å². The predicted octanol–water partition coefficient (Wildman–Crippen LogP) is 2.71. The Morgan fingerprint density at radius 2 is 2.35 bits per heavy atom. The highest BCUT2D eigenvalue weighted by atomic mass is 35.5. The third kappa shape index (κ3) is 2.88. The number of halogens is 1. The summed E-state index contributed by atoms with van der Waals surface area (Å²) in [6, 6.07) is 2.03. The third-order valence-corrected chi connectivity index (χ3v) is 2.95. The average molecular weight is 253 g/mol. The van der Waals surface area contributed by atoms with E-state index in [0.717, 1.165) is 30.0 Å². The lowest BCUT2D eigenvalue weighted by atomic mass is 10.1. The number of rotatable bonds is 5. The van der Waals surface area contributed by atoms with E-state index in [-0.39, 0.29) is 0 Å². The van der Waals surface area contributed by atoms with Crippen molar-refractivity contribution in [2.75, 3.05) is 17.7 Å². The van der Waals surface area contributed by atoms with Gasteiger partial charge in [-0.05, 0) is 25.3 Å². The summed E-state index contributed by atoms with van der Waals surface area (Å²) in [5.74, 6) is 2.12. The maximum atomic E-state index is 5.72. The summed E-state index contributed by atoms with van der Waals surface area (Å²) < 4.78 is 1.84. The molecule has 4 nitrogen and oxygen atoms in total. The van der Waals surface area contributed by atoms with Gasteiger partial charge in [0.1, 0.15) is 5.52 Å². The van der Waals surface area contributed by atoms with Gasteiger partial charge in [0, 0.05) is 24.8 Å². The second-order valence-corrected chi connectivity index (χ2v) is 4.73. The standard InChI is InChI=1S/C12H17ClN4/c1-9(3-4-13)8-15-12-11-7-10(2)16-17(11)6-5-14-12/h5-7,9H,3-4,8H2,1-2H3,(H,14,15). The quantitative estimate of drug-likeness (QED) is 0.832. The zero-order valence-electron chi connectivity index (χ0n) is 10.2. The van der Waals surface area contributed by atoms with Crippen LogP contribution in [0.1, 0.15) is 19.0 Å². The summed E-state index contributed by atoms with van der Waals surface area (Å²) in [6.07, 6.45) is 4.62. The Balaban J connectivity index is 2.12. The molecule has 17 heavy (non-hydrogen) atoms. The summed E-state index contributed by atoms with van der Waals surface area (Å²) in [5, 5.41) is 7.71. The molecular formula is C12H17ClN4. The molecule has 2 heterocycles. The molecular weight excluding hydrogens is 236 g/mol. The Hall–Kier alpha value is -1.29. The SMILES string of the molecule is Cc1cc2c(NCC(C)CCCl)nccn2n1. The van der Waals surface area contributed by atoms with Gasteiger partial charge in [0.15, 0.2) is 5.82 Å². The molecule has 0 saturated carbocycles. The highest BCUT2D eigenvalue weighted by Crippen LogP contribution is 2.15. The van der Waals surface area contributed by atoms with Gasteiger partial charge < -0.3 is 5.32 Å². The van der Waals surface area contributed by atoms with E-state index in [0.29, 0.717) is 11.8 Å². The molecule has 0 radical (unpaired) electrons. The largest absolute Gasteiger partial charge is 0.368 e. The van der Waals surface area contributed by atoms with Crippen LogP contribution in [0, 0.1) is 12.8 Å². The zero-order chi connectivity index (χ0) is 12.3. The molecule has 0 fully saturated rings. The fraction of sp³-hybridized carbons (Fsp3) is 0.500. The van der Waals surface area contributed by atoms with Crippen molar-refractivity contribution < 1.29 is 0 Å². The van der Waals surface area contributed by atoms with Crippen LogP contribution in [0.3, 0.4) is 0 Å². The van der Waals surface area contributed by atoms with Crippen molar-refractivity contribution in [1.82, 2.24) is 14.6 Å². The zero-order valence-corrected chi connectivity index (χ0v) is 10.9. The van der Waals surface area contributed by atoms with Crippen LogP contribution in [0.25, 0.3) is 5.52 Å². The first-order chi connectivity index (χ1) is 8.20. The minimum Gasteiger partial charge on any atom is -0.368 e. The third-order valence-electron chi connectivity index (χ3n) is 2.73. The summed E-state index contributed by atoms with van der Waals surface area (Å²) in [5.41, 5.74) is 2.01. The number of aryl methyl sites for hydroxylation is 1. The Labute approximate surface area is 106 Å². The number of nitrogens with one attached hydrogen (secondary N) is 1. The number of anilines is 1. The van der Waals surface area contributed by atoms with Crippen LogP contribution in [-0.2, 0) is 0 Å². The van der Waals surface area contributed by atoms with Crippen molar-refractivity contribution >= 4 is 22.9 Å². The first-order valence-electron chi connectivity index (χ1n) is 5.81. The van der Waals surface area contributed by atoms with Crippen LogP contribution < -0.4 is 5.32 Å². The minimum atomic E-state index is 0.540. The molecule has 0 spiro atoms. The van der Waals surface area contributed by atoms with Crippen LogP contribution in [0.15, 0.2) is 18.5 Å². The lowest BCUT2D eigenvalue weighted by Gasteiger charge is -2.11. The molecule has 5 heteroatoms. The van der Waals surface area contributed by atoms with E-state index in [1.54, 1.807) is 6.20 Å². The second kappa shape index (κ2) is 5.36. The van der Waals surface area contributed by atoms with Gasteiger partial charge in [-0.15, -0.1) is 11.6 Å². The van der Waals surface area contributed by atoms with E-state index in [9.17, 15) is 0 Å². The molecule has 0 aromatic carbocycles. The van der Waals surface area contributed by atoms with Crippen LogP contribution in [0.4, 0.5) is 5.82 Å². The highest BCUT2D eigenvalue weighted by Gasteiger charge is 2.06. The van der Waals surface area contributed by atoms with Gasteiger partial charge >= 0.3 is 0 Å². The van der Waals surface area contributed by atoms with Crippen molar-refractivity contribution in [3.05, 3.63) is 24.2 Å². The number of nitrogens with zero attached hydrogens (tertiary/aromatic N) is 3. The molecule has 0 saturated heterocycles. The summed E-state index contributed by atoms with van der Waals surface area (Å²) in [6.45, 7) is 5.04. The average Bonchev–Trinajstić information content (AvgIpc) is 2.67. The molecule has 2 rings (SSSR count). The fourth-order valence-electron chi connectivity index (χ4n) is 1.74. The van der Waals surface area contributed by atoms with Crippen molar-refractivity contribution in [2.45, 2.75) is 20.3 Å². The van der Waals surface area contributed by atoms with Gasteiger partial charge in [0.05, 0.1) is 5.69 Å². The van der Waals surface area contributed by atoms with Gasteiger partial charge in [-0.1, -0.05) is 6.92 Å². The van der Waals surface area contributed by atoms with Gasteiger partial charge in [-0.3, -0.25) is 0 Å². The molecule has 1 N–H and O–H groups in total. The van der Waals surface area contributed by atoms with Crippen molar-refractivity contribution in [3.63, 3.8) is 0 Å². The van der Waals surface area contributed by atoms with E-state index in [1.165, 1.54) is 0 Å². The number of hydrogen-bond acceptors (Lipinski definition) is 3. The fourth-order valence-corrected chi connectivity index (χ4v) is 2.11. The molecule has 0 aliphatic carbocycles. The second-order valence-electron chi connectivity index (χ2n) is 4.36. The smallest absolute Gasteiger partial charge is 0.152 e. The Kier molecular flexibility index (Phi) is 3.84. The van der Waals surface area contributed by atoms with Gasteiger partial charge in [-0.2, -0.15) is 5.10 Å². The minimum absolute atomic E-state index is 0.540. The summed E-state index contributed by atoms with van der Waals surface area (Å²) >= 11 is 5.72. The molecule has 0 amide bonds. The van der Waals surface area contributed by atoms with Crippen LogP contribution >= 0.6 is 11.6 Å². The Bertz CT molecular complexity index is 494. The number of aromatic nitrogens is 3. The normalized spacial score (nSPS) is 12.9. The van der Waals surface area contributed by atoms with Gasteiger partial charge in [-0.25, -0.2) is 9.50 Å². The van der Waals surface area contributed by atoms with E-state index < -0.39 is 0 Å². The lowest BCUT2D eigenvalue weighted by molar-refractivity contribution is 0.596. The summed E-state index contributed by atoms with van der Waals surface area (Å²) in [7, 11) is 0. The molecule has 1 atom stereocenters. The predicted molar refractivity (Wildman–Crippen MR) is 70.7 cm³/mol. The number of alkyl halides is 1.